The van der Waals surface area contributed by atoms with E-state index in [0.29, 0.717) is 41.3 Å². The quantitative estimate of drug-likeness (QED) is 0.782. The summed E-state index contributed by atoms with van der Waals surface area (Å²) in [6.45, 7) is 3.13. The van der Waals surface area contributed by atoms with E-state index in [0.717, 1.165) is 5.56 Å². The number of nitrogens with zero attached hydrogens (tertiary/aromatic N) is 2. The molecular formula is C22H30N4O3. The first-order chi connectivity index (χ1) is 14.2. The van der Waals surface area contributed by atoms with E-state index in [1.807, 2.05) is 12.1 Å². The minimum atomic E-state index is -0.0976. The predicted molar refractivity (Wildman–Crippen MR) is 111 cm³/mol. The van der Waals surface area contributed by atoms with Crippen LogP contribution in [0.3, 0.4) is 0 Å². The van der Waals surface area contributed by atoms with Crippen LogP contribution in [0.15, 0.2) is 24.4 Å². The summed E-state index contributed by atoms with van der Waals surface area (Å²) in [6, 6.07) is 6.14. The molecule has 0 radical (unpaired) electrons. The Morgan fingerprint density at radius 1 is 1.21 bits per heavy atom. The molecule has 29 heavy (non-hydrogen) atoms. The van der Waals surface area contributed by atoms with Crippen LogP contribution in [0.25, 0.3) is 11.3 Å². The highest BCUT2D eigenvalue weighted by molar-refractivity contribution is 6.00. The lowest BCUT2D eigenvalue weighted by molar-refractivity contribution is 0.0576. The van der Waals surface area contributed by atoms with E-state index in [1.54, 1.807) is 26.5 Å². The second-order valence-corrected chi connectivity index (χ2v) is 7.94. The topological polar surface area (TPSA) is 79.5 Å². The van der Waals surface area contributed by atoms with E-state index in [2.05, 4.69) is 20.4 Å². The Morgan fingerprint density at radius 3 is 2.90 bits per heavy atom. The van der Waals surface area contributed by atoms with Crippen molar-refractivity contribution in [1.29, 1.82) is 0 Å². The Bertz CT molecular complexity index is 848. The maximum atomic E-state index is 13.0. The van der Waals surface area contributed by atoms with Crippen molar-refractivity contribution in [2.75, 3.05) is 33.9 Å². The fourth-order valence-corrected chi connectivity index (χ4v) is 4.80. The third kappa shape index (κ3) is 4.10. The normalized spacial score (nSPS) is 22.0. The highest BCUT2D eigenvalue weighted by atomic mass is 16.5. The zero-order valence-electron chi connectivity index (χ0n) is 17.2. The van der Waals surface area contributed by atoms with Crippen LogP contribution in [-0.4, -0.2) is 60.9 Å². The molecule has 2 N–H and O–H groups in total. The van der Waals surface area contributed by atoms with Gasteiger partial charge in [-0.2, -0.15) is 5.10 Å². The van der Waals surface area contributed by atoms with Crippen molar-refractivity contribution < 1.29 is 14.3 Å². The Hall–Kier alpha value is -2.54. The second-order valence-electron chi connectivity index (χ2n) is 7.94. The molecule has 0 bridgehead atoms. The molecule has 2 atom stereocenters. The second kappa shape index (κ2) is 8.86. The summed E-state index contributed by atoms with van der Waals surface area (Å²) in [5.74, 6) is 1.76. The number of nitrogens with one attached hydrogen (secondary N) is 2. The fraction of sp³-hybridized carbons (Fsp3) is 0.545. The third-order valence-corrected chi connectivity index (χ3v) is 6.32. The number of hydrogen-bond donors (Lipinski definition) is 2. The Kier molecular flexibility index (Phi) is 6.04. The minimum Gasteiger partial charge on any atom is -0.497 e. The molecule has 2 saturated heterocycles. The van der Waals surface area contributed by atoms with E-state index < -0.39 is 0 Å². The summed E-state index contributed by atoms with van der Waals surface area (Å²) >= 11 is 0. The number of carbonyl (C=O) groups is 1. The third-order valence-electron chi connectivity index (χ3n) is 6.32. The number of carbonyl (C=O) groups excluding carboxylic acids is 1. The number of benzene rings is 1. The summed E-state index contributed by atoms with van der Waals surface area (Å²) in [6.07, 6.45) is 7.85. The molecule has 0 aliphatic carbocycles. The predicted octanol–water partition coefficient (Wildman–Crippen LogP) is 3.09. The number of hydrogen-bond acceptors (Lipinski definition) is 5. The minimum absolute atomic E-state index is 0.0976. The Labute approximate surface area is 171 Å². The zero-order chi connectivity index (χ0) is 20.2. The summed E-state index contributed by atoms with van der Waals surface area (Å²) in [5.41, 5.74) is 1.97. The molecule has 1 amide bonds. The number of aromatic amines is 1. The molecule has 0 spiro atoms. The fourth-order valence-electron chi connectivity index (χ4n) is 4.80. The van der Waals surface area contributed by atoms with Crippen molar-refractivity contribution in [3.8, 4) is 22.8 Å². The molecule has 156 valence electrons. The first-order valence-electron chi connectivity index (χ1n) is 10.5. The van der Waals surface area contributed by atoms with Crippen molar-refractivity contribution in [2.45, 2.75) is 38.1 Å². The van der Waals surface area contributed by atoms with E-state index in [4.69, 9.17) is 9.47 Å². The number of amides is 1. The number of piperidine rings is 2. The van der Waals surface area contributed by atoms with Crippen molar-refractivity contribution in [3.05, 3.63) is 30.0 Å². The Morgan fingerprint density at radius 2 is 2.07 bits per heavy atom. The van der Waals surface area contributed by atoms with Gasteiger partial charge in [0.15, 0.2) is 0 Å². The van der Waals surface area contributed by atoms with Crippen molar-refractivity contribution in [1.82, 2.24) is 20.4 Å². The average Bonchev–Trinajstić information content (AvgIpc) is 3.26. The van der Waals surface area contributed by atoms with Gasteiger partial charge in [-0.25, -0.2) is 0 Å². The van der Waals surface area contributed by atoms with Gasteiger partial charge in [-0.05, 0) is 56.8 Å². The highest BCUT2D eigenvalue weighted by Crippen LogP contribution is 2.34. The highest BCUT2D eigenvalue weighted by Gasteiger charge is 2.33. The molecule has 2 aliphatic heterocycles. The lowest BCUT2D eigenvalue weighted by Crippen LogP contribution is -2.51. The van der Waals surface area contributed by atoms with Crippen LogP contribution >= 0.6 is 0 Å². The van der Waals surface area contributed by atoms with Gasteiger partial charge in [0, 0.05) is 24.2 Å². The number of aromatic nitrogens is 2. The monoisotopic (exact) mass is 398 g/mol. The van der Waals surface area contributed by atoms with Crippen molar-refractivity contribution >= 4 is 5.91 Å². The molecule has 2 aliphatic rings. The van der Waals surface area contributed by atoms with Gasteiger partial charge in [-0.3, -0.25) is 9.89 Å². The SMILES string of the molecule is COc1ccc(-c2[nH]ncc2C(=O)NC[C@@H]2CCCN3CCCC[C@@H]23)c(OC)c1. The van der Waals surface area contributed by atoms with Gasteiger partial charge in [0.05, 0.1) is 31.7 Å². The molecular weight excluding hydrogens is 368 g/mol. The molecule has 1 aromatic heterocycles. The van der Waals surface area contributed by atoms with Crippen LogP contribution in [0.5, 0.6) is 11.5 Å². The van der Waals surface area contributed by atoms with E-state index in [1.165, 1.54) is 45.2 Å². The van der Waals surface area contributed by atoms with E-state index in [9.17, 15) is 4.79 Å². The summed E-state index contributed by atoms with van der Waals surface area (Å²) < 4.78 is 10.8. The number of H-pyrrole nitrogens is 1. The van der Waals surface area contributed by atoms with E-state index in [-0.39, 0.29) is 5.91 Å². The summed E-state index contributed by atoms with van der Waals surface area (Å²) in [4.78, 5) is 15.6. The number of rotatable bonds is 6. The molecule has 2 fully saturated rings. The largest absolute Gasteiger partial charge is 0.497 e. The van der Waals surface area contributed by atoms with Crippen molar-refractivity contribution in [2.24, 2.45) is 5.92 Å². The van der Waals surface area contributed by atoms with Crippen LogP contribution in [0.2, 0.25) is 0 Å². The van der Waals surface area contributed by atoms with Gasteiger partial charge in [0.25, 0.3) is 5.91 Å². The first kappa shape index (κ1) is 19.8. The zero-order valence-corrected chi connectivity index (χ0v) is 17.2. The van der Waals surface area contributed by atoms with Crippen LogP contribution < -0.4 is 14.8 Å². The molecule has 7 nitrogen and oxygen atoms in total. The van der Waals surface area contributed by atoms with Crippen LogP contribution in [0.1, 0.15) is 42.5 Å². The summed E-state index contributed by atoms with van der Waals surface area (Å²) in [7, 11) is 3.22. The van der Waals surface area contributed by atoms with Crippen molar-refractivity contribution in [3.63, 3.8) is 0 Å². The molecule has 0 unspecified atom stereocenters. The number of fused-ring (bicyclic) bond motifs is 1. The number of ether oxygens (including phenoxy) is 2. The lowest BCUT2D eigenvalue weighted by Gasteiger charge is -2.44. The van der Waals surface area contributed by atoms with Crippen LogP contribution in [-0.2, 0) is 0 Å². The first-order valence-corrected chi connectivity index (χ1v) is 10.5. The van der Waals surface area contributed by atoms with Gasteiger partial charge in [0.2, 0.25) is 0 Å². The van der Waals surface area contributed by atoms with Gasteiger partial charge in [0.1, 0.15) is 11.5 Å². The van der Waals surface area contributed by atoms with E-state index >= 15 is 0 Å². The van der Waals surface area contributed by atoms with Gasteiger partial charge in [-0.1, -0.05) is 6.42 Å². The maximum absolute atomic E-state index is 13.0. The Balaban J connectivity index is 1.48. The number of methoxy groups -OCH3 is 2. The summed E-state index contributed by atoms with van der Waals surface area (Å²) in [5, 5.41) is 10.2. The molecule has 7 heteroatoms. The molecule has 3 heterocycles. The molecule has 1 aromatic carbocycles. The maximum Gasteiger partial charge on any atom is 0.255 e. The van der Waals surface area contributed by atoms with Crippen LogP contribution in [0, 0.1) is 5.92 Å². The molecule has 0 saturated carbocycles. The van der Waals surface area contributed by atoms with Gasteiger partial charge >= 0.3 is 0 Å². The molecule has 4 rings (SSSR count). The lowest BCUT2D eigenvalue weighted by atomic mass is 9.83. The smallest absolute Gasteiger partial charge is 0.255 e. The standard InChI is InChI=1S/C22H30N4O3/c1-28-16-8-9-17(20(12-16)29-2)21-18(14-24-25-21)22(27)23-13-15-6-5-11-26-10-4-3-7-19(15)26/h8-9,12,14-15,19H,3-7,10-11,13H2,1-2H3,(H,23,27)(H,24,25)/t15-,19-/m0/s1. The van der Waals surface area contributed by atoms with Crippen LogP contribution in [0.4, 0.5) is 0 Å². The van der Waals surface area contributed by atoms with Gasteiger partial charge < -0.3 is 19.7 Å². The average molecular weight is 399 g/mol. The molecule has 2 aromatic rings. The van der Waals surface area contributed by atoms with Gasteiger partial charge in [-0.15, -0.1) is 0 Å².